The Kier molecular flexibility index (Phi) is 28.3. The lowest BCUT2D eigenvalue weighted by atomic mass is 9.94. The predicted octanol–water partition coefficient (Wildman–Crippen LogP) is 13.2. The maximum Gasteiger partial charge on any atom is 0.338 e. The van der Waals surface area contributed by atoms with E-state index in [0.717, 1.165) is 10.4 Å². The Balaban J connectivity index is 1.00. The molecule has 1 N–H and O–H groups in total. The smallest absolute Gasteiger partial charge is 0.338 e. The number of ether oxygens (including phenoxy) is 14. The van der Waals surface area contributed by atoms with Gasteiger partial charge in [0.15, 0.2) is 55.5 Å². The van der Waals surface area contributed by atoms with Gasteiger partial charge in [0, 0.05) is 0 Å². The zero-order chi connectivity index (χ0) is 85.0. The summed E-state index contributed by atoms with van der Waals surface area (Å²) in [6, 6.07) is 90.4. The average Bonchev–Trinajstić information content (AvgIpc) is 0.738. The molecule has 3 saturated heterocycles. The molecule has 3 heterocycles. The Labute approximate surface area is 705 Å². The van der Waals surface area contributed by atoms with E-state index in [0.29, 0.717) is 5.56 Å². The van der Waals surface area contributed by atoms with Gasteiger partial charge in [0.2, 0.25) is 0 Å². The van der Waals surface area contributed by atoms with Gasteiger partial charge < -0.3 is 75.8 Å². The van der Waals surface area contributed by atoms with Gasteiger partial charge in [-0.2, -0.15) is 0 Å². The molecule has 3 aliphatic heterocycles. The van der Waals surface area contributed by atoms with Crippen molar-refractivity contribution in [2.45, 2.75) is 125 Å². The third-order valence-electron chi connectivity index (χ3n) is 20.8. The zero-order valence-corrected chi connectivity index (χ0v) is 67.6. The normalized spacial score (nSPS) is 22.6. The number of benzene rings is 11. The van der Waals surface area contributed by atoms with Crippen LogP contribution in [0.25, 0.3) is 0 Å². The standard InChI is InChI=1S/C97H88O24Si/c1-97(2,3)122(72-55-33-13-34-56-72,73-57-35-14-36-58-73)110-62-76-78(115-89(101)67-45-23-8-24-46-67)82(121-95-84(118-92(104)70-51-29-11-30-52-70)80(107-59-63-37-15-4-16-38-63)77(114-88(100)66-43-21-7-22-44-66)75(112-95)61-109-87(99)65-41-19-6-20-42-65)85(119-93(105)71-53-31-12-32-54-71)96(113-76)120-79-74(60-108-86(98)64-39-17-5-18-40-64)111-94(106)83(117-91(103)69-49-27-10-28-50-69)81(79)116-90(102)68-47-25-9-26-48-68/h4-58,74-85,94-96,106H,59-62H2,1-3H3/t74-,75-,76-,77+,78+,79-,80+,81+,82+,83+,84-,85-,94+,95-,96+/m1/s1. The third-order valence-corrected chi connectivity index (χ3v) is 25.8. The van der Waals surface area contributed by atoms with Crippen LogP contribution in [0, 0.1) is 0 Å². The lowest BCUT2D eigenvalue weighted by Crippen LogP contribution is -2.70. The van der Waals surface area contributed by atoms with Crippen LogP contribution in [-0.2, 0) is 77.3 Å². The summed E-state index contributed by atoms with van der Waals surface area (Å²) >= 11 is 0. The summed E-state index contributed by atoms with van der Waals surface area (Å²) < 4.78 is 103. The molecule has 122 heavy (non-hydrogen) atoms. The van der Waals surface area contributed by atoms with Crippen molar-refractivity contribution < 1.29 is 114 Å². The highest BCUT2D eigenvalue weighted by Gasteiger charge is 2.62. The molecule has 15 atom stereocenters. The summed E-state index contributed by atoms with van der Waals surface area (Å²) in [5.41, 5.74) is 0.647. The number of carbonyl (C=O) groups excluding carboxylic acids is 8. The van der Waals surface area contributed by atoms with E-state index in [1.807, 2.05) is 81.4 Å². The van der Waals surface area contributed by atoms with E-state index in [4.69, 9.17) is 70.7 Å². The van der Waals surface area contributed by atoms with Crippen molar-refractivity contribution in [3.8, 4) is 0 Å². The Bertz CT molecular complexity index is 5220. The minimum atomic E-state index is -3.84. The number of aliphatic hydroxyl groups is 1. The van der Waals surface area contributed by atoms with Gasteiger partial charge >= 0.3 is 47.8 Å². The van der Waals surface area contributed by atoms with Crippen molar-refractivity contribution in [3.05, 3.63) is 384 Å². The molecule has 0 spiro atoms. The van der Waals surface area contributed by atoms with Crippen LogP contribution < -0.4 is 10.4 Å². The molecule has 0 aromatic heterocycles. The molecule has 0 amide bonds. The van der Waals surface area contributed by atoms with E-state index >= 15 is 19.2 Å². The minimum absolute atomic E-state index is 0.00620. The summed E-state index contributed by atoms with van der Waals surface area (Å²) in [7, 11) is -3.84. The van der Waals surface area contributed by atoms with Crippen LogP contribution in [0.1, 0.15) is 109 Å². The van der Waals surface area contributed by atoms with E-state index < -0.39 is 173 Å². The fourth-order valence-corrected chi connectivity index (χ4v) is 19.4. The molecule has 0 aliphatic carbocycles. The number of carbonyl (C=O) groups is 8. The number of rotatable bonds is 30. The molecule has 24 nitrogen and oxygen atoms in total. The van der Waals surface area contributed by atoms with Gasteiger partial charge in [-0.3, -0.25) is 0 Å². The maximum absolute atomic E-state index is 15.8. The van der Waals surface area contributed by atoms with Crippen molar-refractivity contribution in [1.82, 2.24) is 0 Å². The molecule has 0 saturated carbocycles. The van der Waals surface area contributed by atoms with Crippen LogP contribution in [0.15, 0.2) is 334 Å². The highest BCUT2D eigenvalue weighted by Crippen LogP contribution is 2.42. The van der Waals surface area contributed by atoms with E-state index in [2.05, 4.69) is 0 Å². The van der Waals surface area contributed by atoms with E-state index in [1.165, 1.54) is 97.1 Å². The summed E-state index contributed by atoms with van der Waals surface area (Å²) in [5, 5.41) is 13.3. The first-order valence-electron chi connectivity index (χ1n) is 39.7. The van der Waals surface area contributed by atoms with Crippen molar-refractivity contribution in [1.29, 1.82) is 0 Å². The molecule has 624 valence electrons. The van der Waals surface area contributed by atoms with Crippen LogP contribution in [0.5, 0.6) is 0 Å². The van der Waals surface area contributed by atoms with Crippen LogP contribution in [0.4, 0.5) is 0 Å². The Morgan fingerprint density at radius 1 is 0.287 bits per heavy atom. The van der Waals surface area contributed by atoms with Crippen molar-refractivity contribution in [3.63, 3.8) is 0 Å². The van der Waals surface area contributed by atoms with Crippen molar-refractivity contribution >= 4 is 66.4 Å². The van der Waals surface area contributed by atoms with Gasteiger partial charge in [-0.1, -0.05) is 257 Å². The molecule has 3 fully saturated rings. The summed E-state index contributed by atoms with van der Waals surface area (Å²) in [4.78, 5) is 121. The fraction of sp³-hybridized carbons (Fsp3) is 0.237. The largest absolute Gasteiger partial charge is 0.459 e. The second-order valence-corrected chi connectivity index (χ2v) is 34.2. The molecule has 11 aromatic rings. The predicted molar refractivity (Wildman–Crippen MR) is 444 cm³/mol. The van der Waals surface area contributed by atoms with Crippen LogP contribution in [0.2, 0.25) is 5.04 Å². The zero-order valence-electron chi connectivity index (χ0n) is 66.6. The fourth-order valence-electron chi connectivity index (χ4n) is 14.8. The molecule has 25 heteroatoms. The number of hydrogen-bond acceptors (Lipinski definition) is 24. The minimum Gasteiger partial charge on any atom is -0.459 e. The van der Waals surface area contributed by atoms with Gasteiger partial charge in [-0.25, -0.2) is 38.4 Å². The number of aliphatic hydroxyl groups excluding tert-OH is 1. The third kappa shape index (κ3) is 20.7. The van der Waals surface area contributed by atoms with E-state index in [9.17, 15) is 24.3 Å². The van der Waals surface area contributed by atoms with Crippen molar-refractivity contribution in [2.75, 3.05) is 19.8 Å². The van der Waals surface area contributed by atoms with E-state index in [1.54, 1.807) is 176 Å². The lowest BCUT2D eigenvalue weighted by Gasteiger charge is -2.51. The first-order chi connectivity index (χ1) is 59.4. The van der Waals surface area contributed by atoms with Crippen molar-refractivity contribution in [2.24, 2.45) is 0 Å². The Hall–Kier alpha value is -12.9. The molecule has 0 radical (unpaired) electrons. The lowest BCUT2D eigenvalue weighted by molar-refractivity contribution is -0.377. The molecule has 0 bridgehead atoms. The first-order valence-corrected chi connectivity index (χ1v) is 41.6. The SMILES string of the molecule is CC(C)(C)[Si](OC[C@H]1O[C@@H](O[C@H]2[C@H](OC(=O)c3ccccc3)[C@H](OC(=O)c3ccccc3)[C@@H](O)O[C@@H]2COC(=O)c2ccccc2)[C@H](OC(=O)c2ccccc2)[C@@H](O[C@H]2O[C@H](COC(=O)c3ccccc3)[C@H](OC(=O)c3ccccc3)[C@H](OCc3ccccc3)[C@H]2OC(=O)c2ccccc2)[C@H]1OC(=O)c1ccccc1)(c1ccccc1)c1ccccc1. The van der Waals surface area contributed by atoms with Crippen LogP contribution in [-0.4, -0.2) is 173 Å². The summed E-state index contributed by atoms with van der Waals surface area (Å²) in [5.74, 6) is -7.92. The first kappa shape index (κ1) is 85.5. The number of esters is 8. The molecule has 11 aromatic carbocycles. The van der Waals surface area contributed by atoms with Crippen LogP contribution >= 0.6 is 0 Å². The van der Waals surface area contributed by atoms with Gasteiger partial charge in [0.25, 0.3) is 8.32 Å². The average molecular weight is 1670 g/mol. The maximum atomic E-state index is 15.8. The van der Waals surface area contributed by atoms with Gasteiger partial charge in [0.1, 0.15) is 49.8 Å². The van der Waals surface area contributed by atoms with Gasteiger partial charge in [-0.05, 0) is 118 Å². The molecule has 0 unspecified atom stereocenters. The monoisotopic (exact) mass is 1660 g/mol. The molecule has 14 rings (SSSR count). The summed E-state index contributed by atoms with van der Waals surface area (Å²) in [6.07, 6.45) is -29.9. The molecular formula is C97H88O24Si. The Morgan fingerprint density at radius 2 is 0.549 bits per heavy atom. The highest BCUT2D eigenvalue weighted by atomic mass is 28.4. The summed E-state index contributed by atoms with van der Waals surface area (Å²) in [6.45, 7) is 3.57. The van der Waals surface area contributed by atoms with Gasteiger partial charge in [-0.15, -0.1) is 0 Å². The molecular weight excluding hydrogens is 1580 g/mol. The number of hydrogen-bond donors (Lipinski definition) is 1. The highest BCUT2D eigenvalue weighted by molar-refractivity contribution is 6.99. The van der Waals surface area contributed by atoms with Crippen LogP contribution in [0.3, 0.4) is 0 Å². The molecule has 3 aliphatic rings. The second-order valence-electron chi connectivity index (χ2n) is 29.9. The quantitative estimate of drug-likeness (QED) is 0.0248. The van der Waals surface area contributed by atoms with Gasteiger partial charge in [0.05, 0.1) is 57.7 Å². The van der Waals surface area contributed by atoms with E-state index in [-0.39, 0.29) is 51.1 Å². The second kappa shape index (κ2) is 40.4. The topological polar surface area (TPSA) is 295 Å². The Morgan fingerprint density at radius 3 is 0.893 bits per heavy atom.